The van der Waals surface area contributed by atoms with Gasteiger partial charge in [-0.1, -0.05) is 11.6 Å². The Balaban J connectivity index is 1.16. The Morgan fingerprint density at radius 1 is 1.07 bits per heavy atom. The van der Waals surface area contributed by atoms with Crippen molar-refractivity contribution in [2.75, 3.05) is 25.5 Å². The zero-order chi connectivity index (χ0) is 30.9. The minimum absolute atomic E-state index is 0.0672. The van der Waals surface area contributed by atoms with Crippen LogP contribution in [0.25, 0.3) is 11.3 Å². The van der Waals surface area contributed by atoms with Crippen molar-refractivity contribution in [1.82, 2.24) is 25.5 Å². The minimum Gasteiger partial charge on any atom is -0.494 e. The molecule has 3 amide bonds. The predicted molar refractivity (Wildman–Crippen MR) is 154 cm³/mol. The lowest BCUT2D eigenvalue weighted by molar-refractivity contribution is -0.143. The van der Waals surface area contributed by atoms with Crippen LogP contribution in [0.3, 0.4) is 0 Å². The summed E-state index contributed by atoms with van der Waals surface area (Å²) in [6, 6.07) is 6.69. The van der Waals surface area contributed by atoms with Gasteiger partial charge in [0.25, 0.3) is 17.7 Å². The van der Waals surface area contributed by atoms with Gasteiger partial charge in [-0.25, -0.2) is 9.37 Å². The molecule has 1 aliphatic carbocycles. The third-order valence-electron chi connectivity index (χ3n) is 7.87. The maximum Gasteiger partial charge on any atom is 0.291 e. The van der Waals surface area contributed by atoms with Gasteiger partial charge >= 0.3 is 0 Å². The fraction of sp³-hybridized carbons (Fsp3) is 0.379. The third kappa shape index (κ3) is 6.19. The van der Waals surface area contributed by atoms with Crippen molar-refractivity contribution in [3.05, 3.63) is 64.6 Å². The Hall–Kier alpha value is -4.07. The van der Waals surface area contributed by atoms with E-state index in [1.54, 1.807) is 0 Å². The highest BCUT2D eigenvalue weighted by Crippen LogP contribution is 2.30. The molecule has 0 radical (unpaired) electrons. The maximum absolute atomic E-state index is 14.6. The number of rotatable bonds is 8. The van der Waals surface area contributed by atoms with E-state index in [1.165, 1.54) is 55.3 Å². The number of nitrogens with one attached hydrogen (secondary N) is 4. The Morgan fingerprint density at radius 3 is 2.44 bits per heavy atom. The van der Waals surface area contributed by atoms with Crippen LogP contribution in [0.5, 0.6) is 5.75 Å². The number of piperidine rings is 1. The molecule has 2 aromatic carbocycles. The van der Waals surface area contributed by atoms with Gasteiger partial charge in [-0.05, 0) is 69.1 Å². The number of benzene rings is 2. The van der Waals surface area contributed by atoms with Gasteiger partial charge in [-0.2, -0.15) is 4.39 Å². The molecule has 228 valence electrons. The highest BCUT2D eigenvalue weighted by Gasteiger charge is 2.40. The molecule has 1 saturated heterocycles. The molecule has 0 spiro atoms. The summed E-state index contributed by atoms with van der Waals surface area (Å²) in [5.74, 6) is -4.01. The van der Waals surface area contributed by atoms with Crippen molar-refractivity contribution >= 4 is 35.0 Å². The van der Waals surface area contributed by atoms with Crippen LogP contribution in [0, 0.1) is 11.6 Å². The number of halogens is 3. The topological polar surface area (TPSA) is 147 Å². The van der Waals surface area contributed by atoms with Gasteiger partial charge in [-0.15, -0.1) is 0 Å². The Labute approximate surface area is 251 Å². The molecule has 3 aromatic rings. The molecule has 2 aliphatic rings. The maximum atomic E-state index is 14.6. The zero-order valence-electron chi connectivity index (χ0n) is 23.5. The second kappa shape index (κ2) is 12.3. The molecule has 1 saturated carbocycles. The number of amides is 3. The number of hydrogen-bond donors (Lipinski definition) is 5. The SMILES string of the molecule is COc1ccc(-c2cnc(C(=O)Nc3ccc(C(=O)NC4CC(NC(=O)C5(O)CCNCC5)C4)c(Cl)c3)n2C)c(F)c1F. The van der Waals surface area contributed by atoms with Crippen LogP contribution in [0.15, 0.2) is 36.5 Å². The molecule has 0 unspecified atom stereocenters. The number of nitrogens with zero attached hydrogens (tertiary/aromatic N) is 2. The lowest BCUT2D eigenvalue weighted by Gasteiger charge is -2.39. The van der Waals surface area contributed by atoms with Gasteiger partial charge < -0.3 is 35.7 Å². The molecular formula is C29H31ClF2N6O5. The standard InChI is InChI=1S/C29H31ClF2N6O5/c1-38-21(19-5-6-22(43-2)24(32)23(19)31)14-34-25(38)27(40)35-15-3-4-18(20(30)13-15)26(39)36-16-11-17(12-16)37-28(41)29(42)7-9-33-10-8-29/h3-6,13-14,16-17,33,42H,7-12H2,1-2H3,(H,35,40)(H,36,39)(H,37,41). The number of carbonyl (C=O) groups excluding carboxylic acids is 3. The minimum atomic E-state index is -1.36. The van der Waals surface area contributed by atoms with Gasteiger partial charge in [0.2, 0.25) is 5.82 Å². The van der Waals surface area contributed by atoms with Crippen molar-refractivity contribution in [3.8, 4) is 17.0 Å². The highest BCUT2D eigenvalue weighted by molar-refractivity contribution is 6.34. The molecule has 11 nitrogen and oxygen atoms in total. The normalized spacial score (nSPS) is 19.2. The molecular weight excluding hydrogens is 586 g/mol. The summed E-state index contributed by atoms with van der Waals surface area (Å²) in [6.07, 6.45) is 3.01. The fourth-order valence-electron chi connectivity index (χ4n) is 5.23. The first kappa shape index (κ1) is 30.4. The Bertz CT molecular complexity index is 1570. The van der Waals surface area contributed by atoms with Crippen molar-refractivity contribution in [2.45, 2.75) is 43.4 Å². The van der Waals surface area contributed by atoms with E-state index in [0.29, 0.717) is 44.5 Å². The van der Waals surface area contributed by atoms with Gasteiger partial charge in [0, 0.05) is 30.4 Å². The van der Waals surface area contributed by atoms with Crippen LogP contribution in [-0.2, 0) is 11.8 Å². The second-order valence-electron chi connectivity index (χ2n) is 10.7. The van der Waals surface area contributed by atoms with E-state index in [9.17, 15) is 28.3 Å². The average Bonchev–Trinajstić information content (AvgIpc) is 3.34. The summed E-state index contributed by atoms with van der Waals surface area (Å²) < 4.78 is 34.9. The predicted octanol–water partition coefficient (Wildman–Crippen LogP) is 2.77. The van der Waals surface area contributed by atoms with Crippen LogP contribution in [-0.4, -0.2) is 70.3 Å². The van der Waals surface area contributed by atoms with Crippen LogP contribution in [0.2, 0.25) is 5.02 Å². The van der Waals surface area contributed by atoms with Crippen LogP contribution < -0.4 is 26.0 Å². The van der Waals surface area contributed by atoms with Crippen LogP contribution >= 0.6 is 11.6 Å². The lowest BCUT2D eigenvalue weighted by Crippen LogP contribution is -2.59. The number of imidazole rings is 1. The third-order valence-corrected chi connectivity index (χ3v) is 8.18. The summed E-state index contributed by atoms with van der Waals surface area (Å²) in [7, 11) is 2.72. The van der Waals surface area contributed by atoms with E-state index in [0.717, 1.165) is 0 Å². The lowest BCUT2D eigenvalue weighted by atomic mass is 9.84. The number of methoxy groups -OCH3 is 1. The summed E-state index contributed by atoms with van der Waals surface area (Å²) in [5, 5.41) is 22.1. The van der Waals surface area contributed by atoms with E-state index in [-0.39, 0.29) is 51.4 Å². The highest BCUT2D eigenvalue weighted by atomic mass is 35.5. The van der Waals surface area contributed by atoms with E-state index >= 15 is 0 Å². The molecule has 14 heteroatoms. The smallest absolute Gasteiger partial charge is 0.291 e. The van der Waals surface area contributed by atoms with Crippen molar-refractivity contribution in [3.63, 3.8) is 0 Å². The van der Waals surface area contributed by atoms with E-state index in [1.807, 2.05) is 0 Å². The summed E-state index contributed by atoms with van der Waals surface area (Å²) in [5.41, 5.74) is -0.789. The second-order valence-corrected chi connectivity index (χ2v) is 11.1. The summed E-state index contributed by atoms with van der Waals surface area (Å²) in [4.78, 5) is 42.3. The monoisotopic (exact) mass is 616 g/mol. The number of hydrogen-bond acceptors (Lipinski definition) is 7. The number of ether oxygens (including phenoxy) is 1. The molecule has 2 fully saturated rings. The molecule has 1 aromatic heterocycles. The summed E-state index contributed by atoms with van der Waals surface area (Å²) >= 11 is 6.36. The first-order chi connectivity index (χ1) is 20.5. The molecule has 43 heavy (non-hydrogen) atoms. The van der Waals surface area contributed by atoms with Gasteiger partial charge in [0.1, 0.15) is 5.60 Å². The average molecular weight is 617 g/mol. The number of aliphatic hydroxyl groups is 1. The zero-order valence-corrected chi connectivity index (χ0v) is 24.2. The van der Waals surface area contributed by atoms with Crippen LogP contribution in [0.4, 0.5) is 14.5 Å². The molecule has 5 rings (SSSR count). The largest absolute Gasteiger partial charge is 0.494 e. The first-order valence-electron chi connectivity index (χ1n) is 13.7. The van der Waals surface area contributed by atoms with Crippen molar-refractivity contribution < 1.29 is 33.0 Å². The van der Waals surface area contributed by atoms with Crippen molar-refractivity contribution in [2.24, 2.45) is 7.05 Å². The molecule has 0 atom stereocenters. The number of carbonyl (C=O) groups is 3. The van der Waals surface area contributed by atoms with E-state index < -0.39 is 29.0 Å². The molecule has 1 aliphatic heterocycles. The molecule has 5 N–H and O–H groups in total. The Morgan fingerprint density at radius 2 is 1.77 bits per heavy atom. The number of anilines is 1. The Kier molecular flexibility index (Phi) is 8.67. The van der Waals surface area contributed by atoms with Crippen LogP contribution in [0.1, 0.15) is 46.7 Å². The van der Waals surface area contributed by atoms with E-state index in [4.69, 9.17) is 16.3 Å². The van der Waals surface area contributed by atoms with Gasteiger partial charge in [0.05, 0.1) is 29.6 Å². The fourth-order valence-corrected chi connectivity index (χ4v) is 5.49. The quantitative estimate of drug-likeness (QED) is 0.262. The molecule has 2 heterocycles. The van der Waals surface area contributed by atoms with Crippen molar-refractivity contribution in [1.29, 1.82) is 0 Å². The summed E-state index contributed by atoms with van der Waals surface area (Å²) in [6.45, 7) is 1.16. The van der Waals surface area contributed by atoms with Gasteiger partial charge in [-0.3, -0.25) is 14.4 Å². The molecule has 0 bridgehead atoms. The van der Waals surface area contributed by atoms with E-state index in [2.05, 4.69) is 26.3 Å². The first-order valence-corrected chi connectivity index (χ1v) is 14.1. The number of aromatic nitrogens is 2. The van der Waals surface area contributed by atoms with Gasteiger partial charge in [0.15, 0.2) is 17.4 Å².